The van der Waals surface area contributed by atoms with Gasteiger partial charge in [0.2, 0.25) is 0 Å². The highest BCUT2D eigenvalue weighted by molar-refractivity contribution is 7.98. The van der Waals surface area contributed by atoms with E-state index >= 15 is 0 Å². The SMILES string of the molecule is CCCc1sc2nc(SCc3cccc(C)c3)n(-c3ccc(OC)cc3)c(=O)c2c1C. The number of methoxy groups -OCH3 is 1. The summed E-state index contributed by atoms with van der Waals surface area (Å²) >= 11 is 3.25. The second-order valence-electron chi connectivity index (χ2n) is 7.59. The molecular weight excluding hydrogens is 424 g/mol. The number of aryl methyl sites for hydroxylation is 3. The van der Waals surface area contributed by atoms with Gasteiger partial charge in [-0.15, -0.1) is 11.3 Å². The first-order valence-corrected chi connectivity index (χ1v) is 12.2. The van der Waals surface area contributed by atoms with Gasteiger partial charge in [-0.25, -0.2) is 4.98 Å². The van der Waals surface area contributed by atoms with Crippen LogP contribution in [0.15, 0.2) is 58.5 Å². The third-order valence-electron chi connectivity index (χ3n) is 5.29. The predicted octanol–water partition coefficient (Wildman–Crippen LogP) is 6.32. The molecule has 4 aromatic rings. The van der Waals surface area contributed by atoms with E-state index in [0.29, 0.717) is 5.16 Å². The monoisotopic (exact) mass is 450 g/mol. The summed E-state index contributed by atoms with van der Waals surface area (Å²) in [4.78, 5) is 20.8. The molecule has 0 bridgehead atoms. The Morgan fingerprint density at radius 3 is 2.58 bits per heavy atom. The van der Waals surface area contributed by atoms with Gasteiger partial charge >= 0.3 is 0 Å². The third kappa shape index (κ3) is 4.41. The van der Waals surface area contributed by atoms with Gasteiger partial charge in [0.1, 0.15) is 10.6 Å². The fraction of sp³-hybridized carbons (Fsp3) is 0.280. The summed E-state index contributed by atoms with van der Waals surface area (Å²) in [5.41, 5.74) is 4.31. The number of hydrogen-bond donors (Lipinski definition) is 0. The highest BCUT2D eigenvalue weighted by atomic mass is 32.2. The van der Waals surface area contributed by atoms with Gasteiger partial charge in [0, 0.05) is 10.6 Å². The van der Waals surface area contributed by atoms with Crippen molar-refractivity contribution in [1.82, 2.24) is 9.55 Å². The van der Waals surface area contributed by atoms with Gasteiger partial charge in [0.25, 0.3) is 5.56 Å². The van der Waals surface area contributed by atoms with Gasteiger partial charge in [-0.05, 0) is 55.7 Å². The lowest BCUT2D eigenvalue weighted by molar-refractivity contribution is 0.414. The van der Waals surface area contributed by atoms with Gasteiger partial charge in [-0.3, -0.25) is 9.36 Å². The summed E-state index contributed by atoms with van der Waals surface area (Å²) in [5.74, 6) is 1.51. The minimum atomic E-state index is -0.00184. The molecule has 2 heterocycles. The van der Waals surface area contributed by atoms with Gasteiger partial charge in [-0.1, -0.05) is 54.9 Å². The molecule has 0 saturated carbocycles. The van der Waals surface area contributed by atoms with Crippen LogP contribution in [0, 0.1) is 13.8 Å². The summed E-state index contributed by atoms with van der Waals surface area (Å²) < 4.78 is 7.04. The van der Waals surface area contributed by atoms with E-state index in [0.717, 1.165) is 45.8 Å². The zero-order valence-corrected chi connectivity index (χ0v) is 19.9. The normalized spacial score (nSPS) is 11.2. The van der Waals surface area contributed by atoms with Crippen LogP contribution < -0.4 is 10.3 Å². The van der Waals surface area contributed by atoms with Crippen LogP contribution in [0.4, 0.5) is 0 Å². The van der Waals surface area contributed by atoms with Gasteiger partial charge in [0.05, 0.1) is 18.2 Å². The molecule has 0 saturated heterocycles. The van der Waals surface area contributed by atoms with Gasteiger partial charge < -0.3 is 4.74 Å². The van der Waals surface area contributed by atoms with Crippen molar-refractivity contribution >= 4 is 33.3 Å². The molecule has 0 radical (unpaired) electrons. The van der Waals surface area contributed by atoms with E-state index in [-0.39, 0.29) is 5.56 Å². The first-order valence-electron chi connectivity index (χ1n) is 10.4. The molecule has 4 nitrogen and oxygen atoms in total. The number of rotatable bonds is 7. The Labute approximate surface area is 190 Å². The van der Waals surface area contributed by atoms with Crippen LogP contribution in [0.5, 0.6) is 5.75 Å². The van der Waals surface area contributed by atoms with E-state index in [4.69, 9.17) is 9.72 Å². The maximum Gasteiger partial charge on any atom is 0.267 e. The summed E-state index contributed by atoms with van der Waals surface area (Å²) in [7, 11) is 1.64. The summed E-state index contributed by atoms with van der Waals surface area (Å²) in [6, 6.07) is 16.0. The van der Waals surface area contributed by atoms with Crippen LogP contribution in [0.2, 0.25) is 0 Å². The summed E-state index contributed by atoms with van der Waals surface area (Å²) in [6.07, 6.45) is 2.02. The fourth-order valence-corrected chi connectivity index (χ4v) is 5.96. The van der Waals surface area contributed by atoms with Crippen molar-refractivity contribution in [2.75, 3.05) is 7.11 Å². The standard InChI is InChI=1S/C25H26N2O2S2/c1-5-7-21-17(3)22-23(31-21)26-25(30-15-18-9-6-8-16(2)14-18)27(24(22)28)19-10-12-20(29-4)13-11-19/h6,8-14H,5,7,15H2,1-4H3. The molecule has 31 heavy (non-hydrogen) atoms. The highest BCUT2D eigenvalue weighted by Crippen LogP contribution is 2.32. The largest absolute Gasteiger partial charge is 0.497 e. The van der Waals surface area contributed by atoms with E-state index in [2.05, 4.69) is 38.1 Å². The lowest BCUT2D eigenvalue weighted by atomic mass is 10.1. The molecule has 4 rings (SSSR count). The van der Waals surface area contributed by atoms with Crippen molar-refractivity contribution in [3.8, 4) is 11.4 Å². The van der Waals surface area contributed by atoms with Crippen molar-refractivity contribution in [2.24, 2.45) is 0 Å². The number of thioether (sulfide) groups is 1. The molecule has 0 amide bonds. The highest BCUT2D eigenvalue weighted by Gasteiger charge is 2.19. The lowest BCUT2D eigenvalue weighted by Crippen LogP contribution is -2.21. The Hall–Kier alpha value is -2.57. The van der Waals surface area contributed by atoms with Crippen molar-refractivity contribution in [1.29, 1.82) is 0 Å². The minimum absolute atomic E-state index is 0.00184. The van der Waals surface area contributed by atoms with Crippen LogP contribution in [0.1, 0.15) is 34.9 Å². The maximum absolute atomic E-state index is 13.7. The van der Waals surface area contributed by atoms with Gasteiger partial charge in [-0.2, -0.15) is 0 Å². The fourth-order valence-electron chi connectivity index (χ4n) is 3.68. The Bertz CT molecular complexity index is 1270. The second-order valence-corrected chi connectivity index (χ2v) is 9.62. The van der Waals surface area contributed by atoms with Crippen LogP contribution in [0.3, 0.4) is 0 Å². The topological polar surface area (TPSA) is 44.1 Å². The van der Waals surface area contributed by atoms with Crippen LogP contribution in [-0.2, 0) is 12.2 Å². The minimum Gasteiger partial charge on any atom is -0.497 e. The number of hydrogen-bond acceptors (Lipinski definition) is 5. The van der Waals surface area contributed by atoms with E-state index in [9.17, 15) is 4.79 Å². The zero-order chi connectivity index (χ0) is 22.0. The smallest absolute Gasteiger partial charge is 0.267 e. The second kappa shape index (κ2) is 9.28. The molecule has 2 aromatic carbocycles. The van der Waals surface area contributed by atoms with Crippen molar-refractivity contribution in [3.63, 3.8) is 0 Å². The van der Waals surface area contributed by atoms with Gasteiger partial charge in [0.15, 0.2) is 5.16 Å². The van der Waals surface area contributed by atoms with E-state index in [1.807, 2.05) is 31.2 Å². The Balaban J connectivity index is 1.85. The molecule has 160 valence electrons. The third-order valence-corrected chi connectivity index (χ3v) is 7.55. The molecule has 6 heteroatoms. The lowest BCUT2D eigenvalue weighted by Gasteiger charge is -2.13. The molecule has 0 spiro atoms. The van der Waals surface area contributed by atoms with Crippen LogP contribution in [-0.4, -0.2) is 16.7 Å². The molecule has 0 aliphatic heterocycles. The zero-order valence-electron chi connectivity index (χ0n) is 18.3. The summed E-state index contributed by atoms with van der Waals surface area (Å²) in [5, 5.41) is 1.46. The van der Waals surface area contributed by atoms with E-state index in [1.54, 1.807) is 34.8 Å². The molecule has 0 aliphatic rings. The first kappa shape index (κ1) is 21.7. The number of fused-ring (bicyclic) bond motifs is 1. The molecule has 0 fully saturated rings. The van der Waals surface area contributed by atoms with Crippen molar-refractivity contribution in [3.05, 3.63) is 80.5 Å². The Morgan fingerprint density at radius 2 is 1.90 bits per heavy atom. The Kier molecular flexibility index (Phi) is 6.49. The van der Waals surface area contributed by atoms with E-state index in [1.165, 1.54) is 16.0 Å². The predicted molar refractivity (Wildman–Crippen MR) is 131 cm³/mol. The molecule has 0 atom stereocenters. The van der Waals surface area contributed by atoms with Crippen molar-refractivity contribution in [2.45, 2.75) is 44.5 Å². The number of aromatic nitrogens is 2. The quantitative estimate of drug-likeness (QED) is 0.244. The van der Waals surface area contributed by atoms with Crippen LogP contribution >= 0.6 is 23.1 Å². The molecule has 2 aromatic heterocycles. The number of ether oxygens (including phenoxy) is 1. The number of thiophene rings is 1. The number of nitrogens with zero attached hydrogens (tertiary/aromatic N) is 2. The molecule has 0 aliphatic carbocycles. The average molecular weight is 451 g/mol. The molecular formula is C25H26N2O2S2. The summed E-state index contributed by atoms with van der Waals surface area (Å²) in [6.45, 7) is 6.30. The number of benzene rings is 2. The molecule has 0 N–H and O–H groups in total. The first-order chi connectivity index (χ1) is 15.0. The Morgan fingerprint density at radius 1 is 1.13 bits per heavy atom. The average Bonchev–Trinajstić information content (AvgIpc) is 3.08. The van der Waals surface area contributed by atoms with E-state index < -0.39 is 0 Å². The molecule has 0 unspecified atom stereocenters. The maximum atomic E-state index is 13.7. The van der Waals surface area contributed by atoms with Crippen molar-refractivity contribution < 1.29 is 4.74 Å². The van der Waals surface area contributed by atoms with Crippen LogP contribution in [0.25, 0.3) is 15.9 Å².